The molecule has 31 heavy (non-hydrogen) atoms. The fraction of sp³-hybridized carbons (Fsp3) is 0.0769. The molecule has 5 aromatic rings. The van der Waals surface area contributed by atoms with Gasteiger partial charge in [0.1, 0.15) is 18.1 Å². The molecule has 0 bridgehead atoms. The number of hydrogen-bond donors (Lipinski definition) is 0. The van der Waals surface area contributed by atoms with Gasteiger partial charge in [-0.3, -0.25) is 0 Å². The summed E-state index contributed by atoms with van der Waals surface area (Å²) in [5.41, 5.74) is 3.95. The first-order valence-corrected chi connectivity index (χ1v) is 10.3. The molecule has 0 saturated carbocycles. The SMILES string of the molecule is CC[n+]1ccn(-c2cccc(-c3nc(-c4ccccc4)nc(-c4ccccc4)n3)c2)c1. The lowest BCUT2D eigenvalue weighted by atomic mass is 10.1. The molecule has 0 fully saturated rings. The van der Waals surface area contributed by atoms with Crippen LogP contribution in [-0.4, -0.2) is 19.5 Å². The zero-order valence-corrected chi connectivity index (χ0v) is 17.3. The van der Waals surface area contributed by atoms with Crippen molar-refractivity contribution in [1.29, 1.82) is 0 Å². The summed E-state index contributed by atoms with van der Waals surface area (Å²) in [7, 11) is 0. The summed E-state index contributed by atoms with van der Waals surface area (Å²) in [4.78, 5) is 14.4. The highest BCUT2D eigenvalue weighted by molar-refractivity contribution is 5.67. The highest BCUT2D eigenvalue weighted by atomic mass is 15.1. The van der Waals surface area contributed by atoms with Crippen LogP contribution in [0.3, 0.4) is 0 Å². The second-order valence-electron chi connectivity index (χ2n) is 7.24. The second-order valence-corrected chi connectivity index (χ2v) is 7.24. The lowest BCUT2D eigenvalue weighted by Crippen LogP contribution is -2.28. The molecule has 0 N–H and O–H groups in total. The Labute approximate surface area is 181 Å². The van der Waals surface area contributed by atoms with Gasteiger partial charge in [-0.1, -0.05) is 72.8 Å². The Bertz CT molecular complexity index is 1250. The van der Waals surface area contributed by atoms with E-state index in [4.69, 9.17) is 15.0 Å². The summed E-state index contributed by atoms with van der Waals surface area (Å²) in [6.07, 6.45) is 6.20. The first-order chi connectivity index (χ1) is 15.3. The maximum Gasteiger partial charge on any atom is 0.248 e. The number of aromatic nitrogens is 5. The van der Waals surface area contributed by atoms with E-state index < -0.39 is 0 Å². The maximum atomic E-state index is 4.82. The van der Waals surface area contributed by atoms with Crippen LogP contribution in [0.1, 0.15) is 6.92 Å². The zero-order valence-electron chi connectivity index (χ0n) is 17.3. The molecule has 0 saturated heterocycles. The van der Waals surface area contributed by atoms with Crippen LogP contribution in [0.4, 0.5) is 0 Å². The molecular formula is C26H22N5+. The molecule has 0 aliphatic carbocycles. The molecule has 0 aliphatic heterocycles. The lowest BCUT2D eigenvalue weighted by Gasteiger charge is -2.08. The fourth-order valence-corrected chi connectivity index (χ4v) is 3.48. The van der Waals surface area contributed by atoms with Crippen molar-refractivity contribution in [3.8, 4) is 39.9 Å². The molecule has 150 valence electrons. The van der Waals surface area contributed by atoms with Gasteiger partial charge in [-0.05, 0) is 19.1 Å². The van der Waals surface area contributed by atoms with E-state index in [1.807, 2.05) is 72.8 Å². The quantitative estimate of drug-likeness (QED) is 0.389. The number of imidazole rings is 1. The van der Waals surface area contributed by atoms with Crippen molar-refractivity contribution in [1.82, 2.24) is 19.5 Å². The van der Waals surface area contributed by atoms with E-state index in [9.17, 15) is 0 Å². The van der Waals surface area contributed by atoms with E-state index in [1.165, 1.54) is 0 Å². The Balaban J connectivity index is 1.64. The topological polar surface area (TPSA) is 47.5 Å². The highest BCUT2D eigenvalue weighted by Crippen LogP contribution is 2.25. The summed E-state index contributed by atoms with van der Waals surface area (Å²) < 4.78 is 4.24. The van der Waals surface area contributed by atoms with Crippen LogP contribution in [0, 0.1) is 0 Å². The van der Waals surface area contributed by atoms with E-state index in [0.717, 1.165) is 28.9 Å². The van der Waals surface area contributed by atoms with Crippen molar-refractivity contribution in [2.45, 2.75) is 13.5 Å². The van der Waals surface area contributed by atoms with E-state index in [0.29, 0.717) is 17.5 Å². The van der Waals surface area contributed by atoms with Crippen LogP contribution in [0.25, 0.3) is 39.9 Å². The predicted octanol–water partition coefficient (Wildman–Crippen LogP) is 4.97. The molecule has 5 nitrogen and oxygen atoms in total. The van der Waals surface area contributed by atoms with Crippen molar-refractivity contribution in [2.75, 3.05) is 0 Å². The smallest absolute Gasteiger partial charge is 0.237 e. The minimum absolute atomic E-state index is 0.657. The van der Waals surface area contributed by atoms with Crippen LogP contribution in [0.5, 0.6) is 0 Å². The summed E-state index contributed by atoms with van der Waals surface area (Å²) in [5, 5.41) is 0. The Morgan fingerprint density at radius 2 is 1.23 bits per heavy atom. The predicted molar refractivity (Wildman–Crippen MR) is 121 cm³/mol. The maximum absolute atomic E-state index is 4.82. The Morgan fingerprint density at radius 1 is 0.677 bits per heavy atom. The number of aryl methyl sites for hydroxylation is 1. The van der Waals surface area contributed by atoms with Crippen LogP contribution < -0.4 is 4.57 Å². The minimum Gasteiger partial charge on any atom is -0.237 e. The van der Waals surface area contributed by atoms with Crippen molar-refractivity contribution in [3.63, 3.8) is 0 Å². The monoisotopic (exact) mass is 404 g/mol. The summed E-state index contributed by atoms with van der Waals surface area (Å²) >= 11 is 0. The molecule has 0 radical (unpaired) electrons. The van der Waals surface area contributed by atoms with E-state index in [2.05, 4.69) is 46.9 Å². The molecule has 2 heterocycles. The van der Waals surface area contributed by atoms with Crippen LogP contribution in [-0.2, 0) is 6.54 Å². The van der Waals surface area contributed by atoms with E-state index in [1.54, 1.807) is 0 Å². The van der Waals surface area contributed by atoms with Crippen molar-refractivity contribution in [3.05, 3.63) is 104 Å². The normalized spacial score (nSPS) is 10.9. The van der Waals surface area contributed by atoms with E-state index in [-0.39, 0.29) is 0 Å². The third kappa shape index (κ3) is 3.98. The Hall–Kier alpha value is -4.12. The Morgan fingerprint density at radius 3 is 1.77 bits per heavy atom. The van der Waals surface area contributed by atoms with Crippen LogP contribution in [0.15, 0.2) is 104 Å². The molecule has 0 spiro atoms. The summed E-state index contributed by atoms with van der Waals surface area (Å²) in [5.74, 6) is 1.99. The first kappa shape index (κ1) is 18.9. The van der Waals surface area contributed by atoms with Gasteiger partial charge in [-0.15, -0.1) is 0 Å². The van der Waals surface area contributed by atoms with Gasteiger partial charge in [0.15, 0.2) is 17.5 Å². The number of benzene rings is 3. The average Bonchev–Trinajstić information content (AvgIpc) is 3.34. The van der Waals surface area contributed by atoms with Gasteiger partial charge < -0.3 is 0 Å². The molecule has 0 aliphatic rings. The first-order valence-electron chi connectivity index (χ1n) is 10.3. The molecule has 5 heteroatoms. The molecule has 3 aromatic carbocycles. The number of hydrogen-bond acceptors (Lipinski definition) is 3. The summed E-state index contributed by atoms with van der Waals surface area (Å²) in [6.45, 7) is 3.06. The van der Waals surface area contributed by atoms with Gasteiger partial charge in [-0.2, -0.15) is 0 Å². The summed E-state index contributed by atoms with van der Waals surface area (Å²) in [6, 6.07) is 28.3. The number of rotatable bonds is 5. The third-order valence-electron chi connectivity index (χ3n) is 5.16. The van der Waals surface area contributed by atoms with Crippen molar-refractivity contribution in [2.24, 2.45) is 0 Å². The molecule has 0 amide bonds. The van der Waals surface area contributed by atoms with Gasteiger partial charge >= 0.3 is 0 Å². The molecule has 5 rings (SSSR count). The average molecular weight is 404 g/mol. The third-order valence-corrected chi connectivity index (χ3v) is 5.16. The van der Waals surface area contributed by atoms with Crippen molar-refractivity contribution < 1.29 is 4.57 Å². The molecule has 0 atom stereocenters. The van der Waals surface area contributed by atoms with Gasteiger partial charge in [-0.25, -0.2) is 24.1 Å². The second kappa shape index (κ2) is 8.32. The van der Waals surface area contributed by atoms with Gasteiger partial charge in [0, 0.05) is 16.7 Å². The highest BCUT2D eigenvalue weighted by Gasteiger charge is 2.13. The van der Waals surface area contributed by atoms with Gasteiger partial charge in [0.25, 0.3) is 0 Å². The molecule has 2 aromatic heterocycles. The van der Waals surface area contributed by atoms with Crippen LogP contribution >= 0.6 is 0 Å². The van der Waals surface area contributed by atoms with E-state index >= 15 is 0 Å². The lowest BCUT2D eigenvalue weighted by molar-refractivity contribution is -0.692. The standard InChI is InChI=1S/C26H22N5/c1-2-30-16-17-31(19-30)23-15-9-14-22(18-23)26-28-24(20-10-5-3-6-11-20)27-25(29-26)21-12-7-4-8-13-21/h3-19H,2H2,1H3/q+1. The molecular weight excluding hydrogens is 382 g/mol. The van der Waals surface area contributed by atoms with Crippen molar-refractivity contribution >= 4 is 0 Å². The Kier molecular flexibility index (Phi) is 5.07. The number of nitrogens with zero attached hydrogens (tertiary/aromatic N) is 5. The minimum atomic E-state index is 0.657. The largest absolute Gasteiger partial charge is 0.248 e. The van der Waals surface area contributed by atoms with Gasteiger partial charge in [0.2, 0.25) is 6.33 Å². The zero-order chi connectivity index (χ0) is 21.0. The molecule has 0 unspecified atom stereocenters. The van der Waals surface area contributed by atoms with Crippen LogP contribution in [0.2, 0.25) is 0 Å². The van der Waals surface area contributed by atoms with Gasteiger partial charge in [0.05, 0.1) is 6.54 Å². The fourth-order valence-electron chi connectivity index (χ4n) is 3.48.